The summed E-state index contributed by atoms with van der Waals surface area (Å²) >= 11 is 3.45. The van der Waals surface area contributed by atoms with Crippen LogP contribution < -0.4 is 15.4 Å². The predicted molar refractivity (Wildman–Crippen MR) is 78.3 cm³/mol. The first kappa shape index (κ1) is 13.1. The molecule has 1 aliphatic rings. The van der Waals surface area contributed by atoms with E-state index in [0.29, 0.717) is 4.48 Å². The van der Waals surface area contributed by atoms with Gasteiger partial charge >= 0.3 is 5.56 Å². The second-order valence-electron chi connectivity index (χ2n) is 4.41. The fourth-order valence-corrected chi connectivity index (χ4v) is 2.75. The van der Waals surface area contributed by atoms with Gasteiger partial charge in [0.25, 0.3) is 0 Å². The number of nitrogens with zero attached hydrogens (tertiary/aromatic N) is 2. The Bertz CT molecular complexity index is 570. The molecule has 0 saturated carbocycles. The second kappa shape index (κ2) is 4.74. The van der Waals surface area contributed by atoms with Gasteiger partial charge < -0.3 is 9.88 Å². The van der Waals surface area contributed by atoms with Gasteiger partial charge in [-0.2, -0.15) is 0 Å². The highest BCUT2D eigenvalue weighted by atomic mass is 79.9. The summed E-state index contributed by atoms with van der Waals surface area (Å²) in [6.07, 6.45) is 5.45. The molecule has 0 aromatic carbocycles. The van der Waals surface area contributed by atoms with Crippen LogP contribution in [0.1, 0.15) is 0 Å². The molecule has 1 aliphatic heterocycles. The fraction of sp³-hybridized carbons (Fsp3) is 0.308. The third-order valence-electron chi connectivity index (χ3n) is 3.26. The minimum absolute atomic E-state index is 0.0425. The van der Waals surface area contributed by atoms with Gasteiger partial charge in [-0.3, -0.25) is 4.79 Å². The molecular weight excluding hydrogens is 294 g/mol. The van der Waals surface area contributed by atoms with Crippen LogP contribution in [0.5, 0.6) is 0 Å². The number of halogens is 1. The van der Waals surface area contributed by atoms with Crippen molar-refractivity contribution in [3.63, 3.8) is 0 Å². The largest absolute Gasteiger partial charge is 0.344 e. The Hall–Kier alpha value is -1.33. The van der Waals surface area contributed by atoms with E-state index in [4.69, 9.17) is 0 Å². The van der Waals surface area contributed by atoms with E-state index in [1.807, 2.05) is 19.2 Å². The van der Waals surface area contributed by atoms with Crippen molar-refractivity contribution in [3.05, 3.63) is 51.6 Å². The molecule has 2 heterocycles. The number of nitrogens with one attached hydrogen (secondary N) is 1. The first-order valence-corrected chi connectivity index (χ1v) is 6.59. The van der Waals surface area contributed by atoms with Crippen molar-refractivity contribution in [2.45, 2.75) is 0 Å². The van der Waals surface area contributed by atoms with Gasteiger partial charge in [0.15, 0.2) is 0 Å². The van der Waals surface area contributed by atoms with Crippen molar-refractivity contribution in [3.8, 4) is 0 Å². The van der Waals surface area contributed by atoms with E-state index in [1.165, 1.54) is 0 Å². The topological polar surface area (TPSA) is 34.0 Å². The van der Waals surface area contributed by atoms with Gasteiger partial charge in [-0.05, 0) is 15.9 Å². The summed E-state index contributed by atoms with van der Waals surface area (Å²) in [7, 11) is 3.64. The SMILES string of the molecule is C=C/C=C(\NC)[N+]1(c2cc(Br)cn(C)c2=O)CC1. The molecular formula is C13H17BrN3O+. The van der Waals surface area contributed by atoms with Gasteiger partial charge in [-0.1, -0.05) is 12.7 Å². The summed E-state index contributed by atoms with van der Waals surface area (Å²) < 4.78 is 3.10. The summed E-state index contributed by atoms with van der Waals surface area (Å²) in [5.41, 5.74) is 0.829. The van der Waals surface area contributed by atoms with Crippen LogP contribution in [0.25, 0.3) is 0 Å². The standard InChI is InChI=1S/C13H17BrN3O/c1-4-5-12(15-2)17(6-7-17)11-8-10(14)9-16(3)13(11)18/h4-5,8-9,15H,1,6-7H2,2-3H3/q+1/b12-5+. The summed E-state index contributed by atoms with van der Waals surface area (Å²) in [5.74, 6) is 1.00. The van der Waals surface area contributed by atoms with Crippen LogP contribution >= 0.6 is 15.9 Å². The molecule has 0 unspecified atom stereocenters. The molecule has 0 bridgehead atoms. The fourth-order valence-electron chi connectivity index (χ4n) is 2.22. The van der Waals surface area contributed by atoms with Gasteiger partial charge in [0, 0.05) is 36.9 Å². The zero-order valence-electron chi connectivity index (χ0n) is 10.6. The molecule has 0 aliphatic carbocycles. The van der Waals surface area contributed by atoms with Crippen molar-refractivity contribution in [1.29, 1.82) is 0 Å². The third kappa shape index (κ3) is 2.04. The minimum atomic E-state index is 0.0425. The van der Waals surface area contributed by atoms with Crippen LogP contribution in [0.2, 0.25) is 0 Å². The molecule has 96 valence electrons. The van der Waals surface area contributed by atoms with Gasteiger partial charge in [0.1, 0.15) is 13.1 Å². The average Bonchev–Trinajstić information content (AvgIpc) is 3.12. The number of aromatic nitrogens is 1. The molecule has 5 heteroatoms. The number of pyridine rings is 1. The molecule has 1 saturated heterocycles. The summed E-state index contributed by atoms with van der Waals surface area (Å²) in [6.45, 7) is 5.60. The number of hydrogen-bond acceptors (Lipinski definition) is 2. The zero-order valence-corrected chi connectivity index (χ0v) is 12.2. The average molecular weight is 311 g/mol. The van der Waals surface area contributed by atoms with Gasteiger partial charge in [-0.25, -0.2) is 4.48 Å². The lowest BCUT2D eigenvalue weighted by Crippen LogP contribution is -2.38. The Morgan fingerprint density at radius 3 is 2.78 bits per heavy atom. The Morgan fingerprint density at radius 2 is 2.28 bits per heavy atom. The van der Waals surface area contributed by atoms with Crippen LogP contribution in [-0.2, 0) is 7.05 Å². The number of aryl methyl sites for hydroxylation is 1. The second-order valence-corrected chi connectivity index (χ2v) is 5.33. The van der Waals surface area contributed by atoms with Crippen LogP contribution in [0.4, 0.5) is 5.69 Å². The minimum Gasteiger partial charge on any atom is -0.344 e. The van der Waals surface area contributed by atoms with Crippen molar-refractivity contribution >= 4 is 21.6 Å². The van der Waals surface area contributed by atoms with E-state index in [0.717, 1.165) is 29.1 Å². The van der Waals surface area contributed by atoms with Gasteiger partial charge in [-0.15, -0.1) is 0 Å². The molecule has 0 radical (unpaired) electrons. The van der Waals surface area contributed by atoms with E-state index < -0.39 is 0 Å². The van der Waals surface area contributed by atoms with Gasteiger partial charge in [0.05, 0.1) is 0 Å². The summed E-state index contributed by atoms with van der Waals surface area (Å²) in [4.78, 5) is 12.3. The lowest BCUT2D eigenvalue weighted by Gasteiger charge is -2.19. The Kier molecular flexibility index (Phi) is 3.45. The molecule has 1 fully saturated rings. The Balaban J connectivity index is 2.59. The predicted octanol–water partition coefficient (Wildman–Crippen LogP) is 1.72. The van der Waals surface area contributed by atoms with Crippen molar-refractivity contribution in [2.24, 2.45) is 7.05 Å². The maximum atomic E-state index is 12.3. The lowest BCUT2D eigenvalue weighted by atomic mass is 10.3. The van der Waals surface area contributed by atoms with Crippen LogP contribution in [0.3, 0.4) is 0 Å². The number of quaternary nitrogens is 1. The highest BCUT2D eigenvalue weighted by Gasteiger charge is 2.50. The summed E-state index contributed by atoms with van der Waals surface area (Å²) in [5, 5.41) is 3.17. The highest BCUT2D eigenvalue weighted by Crippen LogP contribution is 2.35. The maximum absolute atomic E-state index is 12.3. The van der Waals surface area contributed by atoms with Crippen LogP contribution in [0, 0.1) is 0 Å². The molecule has 0 spiro atoms. The van der Waals surface area contributed by atoms with Crippen LogP contribution in [-0.4, -0.2) is 24.7 Å². The molecule has 18 heavy (non-hydrogen) atoms. The van der Waals surface area contributed by atoms with Crippen LogP contribution in [0.15, 0.2) is 46.1 Å². The zero-order chi connectivity index (χ0) is 13.3. The normalized spacial score (nSPS) is 17.4. The quantitative estimate of drug-likeness (QED) is 0.522. The molecule has 1 aromatic heterocycles. The van der Waals surface area contributed by atoms with Crippen molar-refractivity contribution < 1.29 is 0 Å². The van der Waals surface area contributed by atoms with Crippen molar-refractivity contribution in [1.82, 2.24) is 14.4 Å². The molecule has 0 amide bonds. The Morgan fingerprint density at radius 1 is 1.61 bits per heavy atom. The molecule has 0 atom stereocenters. The molecule has 1 N–H and O–H groups in total. The first-order chi connectivity index (χ1) is 8.55. The highest BCUT2D eigenvalue weighted by molar-refractivity contribution is 9.10. The van der Waals surface area contributed by atoms with Gasteiger partial charge in [0.2, 0.25) is 11.5 Å². The smallest absolute Gasteiger partial charge is 0.312 e. The first-order valence-electron chi connectivity index (χ1n) is 5.80. The molecule has 4 nitrogen and oxygen atoms in total. The monoisotopic (exact) mass is 310 g/mol. The van der Waals surface area contributed by atoms with E-state index in [1.54, 1.807) is 23.9 Å². The number of rotatable bonds is 4. The molecule has 2 rings (SSSR count). The maximum Gasteiger partial charge on any atom is 0.312 e. The Labute approximate surface area is 115 Å². The number of allylic oxidation sites excluding steroid dienone is 2. The van der Waals surface area contributed by atoms with E-state index in [9.17, 15) is 4.79 Å². The van der Waals surface area contributed by atoms with Crippen molar-refractivity contribution in [2.75, 3.05) is 20.1 Å². The third-order valence-corrected chi connectivity index (χ3v) is 3.69. The van der Waals surface area contributed by atoms with E-state index in [2.05, 4.69) is 27.8 Å². The summed E-state index contributed by atoms with van der Waals surface area (Å²) in [6, 6.07) is 1.91. The molecule has 1 aromatic rings. The van der Waals surface area contributed by atoms with E-state index >= 15 is 0 Å². The van der Waals surface area contributed by atoms with E-state index in [-0.39, 0.29) is 5.56 Å². The lowest BCUT2D eigenvalue weighted by molar-refractivity contribution is 0.591. The number of hydrogen-bond donors (Lipinski definition) is 1.